The van der Waals surface area contributed by atoms with E-state index in [2.05, 4.69) is 10.1 Å². The summed E-state index contributed by atoms with van der Waals surface area (Å²) >= 11 is 0. The smallest absolute Gasteiger partial charge is 0.153 e. The van der Waals surface area contributed by atoms with Gasteiger partial charge in [0.25, 0.3) is 0 Å². The SMILES string of the molecule is N/C(CN1CCOCC1)=N\OCc1cccc(F)c1. The Bertz CT molecular complexity index is 434. The summed E-state index contributed by atoms with van der Waals surface area (Å²) in [4.78, 5) is 7.26. The summed E-state index contributed by atoms with van der Waals surface area (Å²) in [6.07, 6.45) is 0. The second kappa shape index (κ2) is 7.06. The van der Waals surface area contributed by atoms with Gasteiger partial charge in [-0.05, 0) is 17.7 Å². The van der Waals surface area contributed by atoms with Crippen LogP contribution in [0.4, 0.5) is 4.39 Å². The molecule has 1 aromatic carbocycles. The molecule has 0 spiro atoms. The normalized spacial score (nSPS) is 17.4. The summed E-state index contributed by atoms with van der Waals surface area (Å²) in [5.74, 6) is 0.129. The van der Waals surface area contributed by atoms with Crippen LogP contribution in [0.3, 0.4) is 0 Å². The Balaban J connectivity index is 1.75. The number of morpholine rings is 1. The lowest BCUT2D eigenvalue weighted by molar-refractivity contribution is 0.0443. The van der Waals surface area contributed by atoms with Gasteiger partial charge < -0.3 is 15.3 Å². The number of hydrogen-bond acceptors (Lipinski definition) is 4. The van der Waals surface area contributed by atoms with Gasteiger partial charge in [-0.3, -0.25) is 4.90 Å². The Morgan fingerprint density at radius 3 is 2.95 bits per heavy atom. The molecule has 1 fully saturated rings. The predicted molar refractivity (Wildman–Crippen MR) is 70.1 cm³/mol. The summed E-state index contributed by atoms with van der Waals surface area (Å²) in [5, 5.41) is 3.83. The van der Waals surface area contributed by atoms with Gasteiger partial charge in [0, 0.05) is 13.1 Å². The molecule has 5 nitrogen and oxygen atoms in total. The summed E-state index contributed by atoms with van der Waals surface area (Å²) in [7, 11) is 0. The molecule has 0 unspecified atom stereocenters. The highest BCUT2D eigenvalue weighted by molar-refractivity contribution is 5.81. The molecule has 0 amide bonds. The quantitative estimate of drug-likeness (QED) is 0.490. The van der Waals surface area contributed by atoms with Crippen molar-refractivity contribution in [2.75, 3.05) is 32.8 Å². The molecule has 1 aromatic rings. The third-order valence-electron chi connectivity index (χ3n) is 2.79. The Morgan fingerprint density at radius 1 is 1.42 bits per heavy atom. The van der Waals surface area contributed by atoms with E-state index in [1.807, 2.05) is 0 Å². The molecule has 0 atom stereocenters. The lowest BCUT2D eigenvalue weighted by atomic mass is 10.2. The maximum Gasteiger partial charge on any atom is 0.153 e. The van der Waals surface area contributed by atoms with E-state index in [-0.39, 0.29) is 12.4 Å². The van der Waals surface area contributed by atoms with Crippen molar-refractivity contribution in [2.24, 2.45) is 10.9 Å². The molecule has 2 rings (SSSR count). The van der Waals surface area contributed by atoms with Crippen molar-refractivity contribution in [3.63, 3.8) is 0 Å². The summed E-state index contributed by atoms with van der Waals surface area (Å²) < 4.78 is 18.2. The number of benzene rings is 1. The standard InChI is InChI=1S/C13H18FN3O2/c14-12-3-1-2-11(8-12)10-19-16-13(15)9-17-4-6-18-7-5-17/h1-3,8H,4-7,9-10H2,(H2,15,16). The van der Waals surface area contributed by atoms with E-state index < -0.39 is 0 Å². The topological polar surface area (TPSA) is 60.1 Å². The largest absolute Gasteiger partial charge is 0.389 e. The van der Waals surface area contributed by atoms with E-state index in [0.717, 1.165) is 31.9 Å². The molecule has 2 N–H and O–H groups in total. The highest BCUT2D eigenvalue weighted by Crippen LogP contribution is 2.05. The van der Waals surface area contributed by atoms with E-state index in [9.17, 15) is 4.39 Å². The monoisotopic (exact) mass is 267 g/mol. The molecule has 0 aromatic heterocycles. The van der Waals surface area contributed by atoms with E-state index in [1.165, 1.54) is 12.1 Å². The number of nitrogens with zero attached hydrogens (tertiary/aromatic N) is 2. The minimum Gasteiger partial charge on any atom is -0.389 e. The molecule has 1 aliphatic heterocycles. The fourth-order valence-electron chi connectivity index (χ4n) is 1.83. The van der Waals surface area contributed by atoms with Crippen molar-refractivity contribution in [1.29, 1.82) is 0 Å². The van der Waals surface area contributed by atoms with Crippen LogP contribution < -0.4 is 5.73 Å². The first-order chi connectivity index (χ1) is 9.24. The van der Waals surface area contributed by atoms with E-state index in [1.54, 1.807) is 12.1 Å². The third kappa shape index (κ3) is 4.84. The number of hydrogen-bond donors (Lipinski definition) is 1. The van der Waals surface area contributed by atoms with Gasteiger partial charge in [0.15, 0.2) is 5.84 Å². The molecule has 0 aliphatic carbocycles. The zero-order valence-corrected chi connectivity index (χ0v) is 10.7. The maximum absolute atomic E-state index is 12.9. The summed E-state index contributed by atoms with van der Waals surface area (Å²) in [5.41, 5.74) is 6.49. The van der Waals surface area contributed by atoms with Gasteiger partial charge in [-0.1, -0.05) is 17.3 Å². The van der Waals surface area contributed by atoms with Gasteiger partial charge in [0.1, 0.15) is 12.4 Å². The predicted octanol–water partition coefficient (Wildman–Crippen LogP) is 0.947. The van der Waals surface area contributed by atoms with Crippen molar-refractivity contribution in [3.05, 3.63) is 35.6 Å². The molecule has 19 heavy (non-hydrogen) atoms. The average molecular weight is 267 g/mol. The summed E-state index contributed by atoms with van der Waals surface area (Å²) in [6.45, 7) is 3.91. The molecule has 1 aliphatic rings. The van der Waals surface area contributed by atoms with Crippen LogP contribution in [0.25, 0.3) is 0 Å². The molecular weight excluding hydrogens is 249 g/mol. The van der Waals surface area contributed by atoms with Crippen LogP contribution in [0, 0.1) is 5.82 Å². The number of halogens is 1. The van der Waals surface area contributed by atoms with E-state index in [4.69, 9.17) is 15.3 Å². The van der Waals surface area contributed by atoms with Gasteiger partial charge in [0.05, 0.1) is 19.8 Å². The fraction of sp³-hybridized carbons (Fsp3) is 0.462. The zero-order chi connectivity index (χ0) is 13.5. The second-order valence-electron chi connectivity index (χ2n) is 4.37. The molecule has 0 saturated carbocycles. The first-order valence-electron chi connectivity index (χ1n) is 6.23. The number of ether oxygens (including phenoxy) is 1. The van der Waals surface area contributed by atoms with Crippen LogP contribution in [0.1, 0.15) is 5.56 Å². The highest BCUT2D eigenvalue weighted by Gasteiger charge is 2.11. The van der Waals surface area contributed by atoms with Crippen LogP contribution in [0.5, 0.6) is 0 Å². The molecule has 1 saturated heterocycles. The minimum absolute atomic E-state index is 0.210. The number of nitrogens with two attached hydrogens (primary N) is 1. The lowest BCUT2D eigenvalue weighted by Gasteiger charge is -2.25. The molecular formula is C13H18FN3O2. The van der Waals surface area contributed by atoms with E-state index >= 15 is 0 Å². The van der Waals surface area contributed by atoms with Crippen LogP contribution >= 0.6 is 0 Å². The van der Waals surface area contributed by atoms with Crippen molar-refractivity contribution < 1.29 is 14.0 Å². The lowest BCUT2D eigenvalue weighted by Crippen LogP contribution is -2.41. The van der Waals surface area contributed by atoms with Gasteiger partial charge >= 0.3 is 0 Å². The van der Waals surface area contributed by atoms with Crippen LogP contribution in [0.2, 0.25) is 0 Å². The first kappa shape index (κ1) is 13.8. The molecule has 104 valence electrons. The highest BCUT2D eigenvalue weighted by atomic mass is 19.1. The first-order valence-corrected chi connectivity index (χ1v) is 6.23. The fourth-order valence-corrected chi connectivity index (χ4v) is 1.83. The minimum atomic E-state index is -0.286. The summed E-state index contributed by atoms with van der Waals surface area (Å²) in [6, 6.07) is 6.21. The van der Waals surface area contributed by atoms with Crippen molar-refractivity contribution in [2.45, 2.75) is 6.61 Å². The van der Waals surface area contributed by atoms with E-state index in [0.29, 0.717) is 12.4 Å². The average Bonchev–Trinajstić information content (AvgIpc) is 2.40. The zero-order valence-electron chi connectivity index (χ0n) is 10.7. The van der Waals surface area contributed by atoms with Gasteiger partial charge in [-0.15, -0.1) is 0 Å². The van der Waals surface area contributed by atoms with Crippen LogP contribution in [-0.4, -0.2) is 43.6 Å². The molecule has 0 bridgehead atoms. The Kier molecular flexibility index (Phi) is 5.11. The Hall–Kier alpha value is -1.66. The second-order valence-corrected chi connectivity index (χ2v) is 4.37. The Morgan fingerprint density at radius 2 is 2.21 bits per heavy atom. The number of amidine groups is 1. The Labute approximate surface area is 111 Å². The molecule has 1 heterocycles. The maximum atomic E-state index is 12.9. The van der Waals surface area contributed by atoms with Gasteiger partial charge in [-0.25, -0.2) is 4.39 Å². The van der Waals surface area contributed by atoms with Gasteiger partial charge in [0.2, 0.25) is 0 Å². The van der Waals surface area contributed by atoms with Crippen LogP contribution in [-0.2, 0) is 16.2 Å². The number of rotatable bonds is 5. The van der Waals surface area contributed by atoms with Crippen molar-refractivity contribution in [3.8, 4) is 0 Å². The molecule has 6 heteroatoms. The third-order valence-corrected chi connectivity index (χ3v) is 2.79. The van der Waals surface area contributed by atoms with Gasteiger partial charge in [-0.2, -0.15) is 0 Å². The number of oxime groups is 1. The van der Waals surface area contributed by atoms with Crippen molar-refractivity contribution >= 4 is 5.84 Å². The van der Waals surface area contributed by atoms with Crippen molar-refractivity contribution in [1.82, 2.24) is 4.90 Å². The molecule has 0 radical (unpaired) electrons. The van der Waals surface area contributed by atoms with Crippen LogP contribution in [0.15, 0.2) is 29.4 Å².